The van der Waals surface area contributed by atoms with Crippen molar-refractivity contribution in [1.82, 2.24) is 15.5 Å². The first kappa shape index (κ1) is 21.3. The van der Waals surface area contributed by atoms with Crippen LogP contribution < -0.4 is 10.6 Å². The van der Waals surface area contributed by atoms with Crippen LogP contribution in [0.15, 0.2) is 36.4 Å². The predicted molar refractivity (Wildman–Crippen MR) is 114 cm³/mol. The Morgan fingerprint density at radius 1 is 1.10 bits per heavy atom. The van der Waals surface area contributed by atoms with E-state index < -0.39 is 0 Å². The number of carbonyl (C=O) groups is 3. The van der Waals surface area contributed by atoms with Gasteiger partial charge in [-0.05, 0) is 55.8 Å². The summed E-state index contributed by atoms with van der Waals surface area (Å²) in [5, 5.41) is 7.94. The van der Waals surface area contributed by atoms with E-state index in [1.54, 1.807) is 12.1 Å². The van der Waals surface area contributed by atoms with Crippen molar-refractivity contribution in [1.29, 1.82) is 0 Å². The average Bonchev–Trinajstić information content (AvgIpc) is 2.73. The third kappa shape index (κ3) is 4.43. The van der Waals surface area contributed by atoms with E-state index in [0.717, 1.165) is 36.7 Å². The number of benzene rings is 2. The lowest BCUT2D eigenvalue weighted by Gasteiger charge is -2.27. The largest absolute Gasteiger partial charge is 0.356 e. The van der Waals surface area contributed by atoms with E-state index in [4.69, 9.17) is 0 Å². The summed E-state index contributed by atoms with van der Waals surface area (Å²) in [6.45, 7) is 2.94. The zero-order valence-corrected chi connectivity index (χ0v) is 17.1. The number of imide groups is 1. The Morgan fingerprint density at radius 2 is 1.79 bits per heavy atom. The maximum atomic E-state index is 12.8. The smallest absolute Gasteiger partial charge is 0.261 e. The van der Waals surface area contributed by atoms with E-state index in [1.165, 1.54) is 4.90 Å². The summed E-state index contributed by atoms with van der Waals surface area (Å²) in [6, 6.07) is 11.0. The van der Waals surface area contributed by atoms with Gasteiger partial charge in [0.2, 0.25) is 5.91 Å². The molecule has 2 aliphatic heterocycles. The topological polar surface area (TPSA) is 78.5 Å². The quantitative estimate of drug-likeness (QED) is 0.711. The van der Waals surface area contributed by atoms with Gasteiger partial charge in [-0.1, -0.05) is 24.3 Å². The molecule has 4 rings (SSSR count). The lowest BCUT2D eigenvalue weighted by atomic mass is 9.94. The van der Waals surface area contributed by atoms with Crippen LogP contribution in [0.3, 0.4) is 0 Å². The molecule has 0 aromatic heterocycles. The Morgan fingerprint density at radius 3 is 2.41 bits per heavy atom. The van der Waals surface area contributed by atoms with Crippen LogP contribution in [0.5, 0.6) is 0 Å². The summed E-state index contributed by atoms with van der Waals surface area (Å²) in [4.78, 5) is 39.0. The number of nitrogens with zero attached hydrogens (tertiary/aromatic N) is 1. The highest BCUT2D eigenvalue weighted by Crippen LogP contribution is 2.30. The van der Waals surface area contributed by atoms with Crippen molar-refractivity contribution in [2.45, 2.75) is 25.7 Å². The number of piperidine rings is 1. The van der Waals surface area contributed by atoms with E-state index in [1.807, 2.05) is 24.3 Å². The molecule has 1 fully saturated rings. The average molecular weight is 416 g/mol. The molecule has 2 aromatic rings. The van der Waals surface area contributed by atoms with E-state index in [9.17, 15) is 14.4 Å². The summed E-state index contributed by atoms with van der Waals surface area (Å²) < 4.78 is 0. The second-order valence-electron chi connectivity index (χ2n) is 7.59. The van der Waals surface area contributed by atoms with Crippen molar-refractivity contribution in [3.63, 3.8) is 0 Å². The molecule has 2 heterocycles. The molecule has 1 atom stereocenters. The minimum absolute atomic E-state index is 0. The van der Waals surface area contributed by atoms with Gasteiger partial charge < -0.3 is 10.6 Å². The first-order valence-corrected chi connectivity index (χ1v) is 10.0. The van der Waals surface area contributed by atoms with Crippen LogP contribution in [-0.2, 0) is 4.79 Å². The highest BCUT2D eigenvalue weighted by Gasteiger charge is 2.32. The lowest BCUT2D eigenvalue weighted by Crippen LogP contribution is -2.41. The van der Waals surface area contributed by atoms with Crippen LogP contribution in [0.25, 0.3) is 10.8 Å². The van der Waals surface area contributed by atoms with E-state index in [0.29, 0.717) is 36.4 Å². The zero-order chi connectivity index (χ0) is 19.5. The van der Waals surface area contributed by atoms with Crippen molar-refractivity contribution >= 4 is 40.9 Å². The van der Waals surface area contributed by atoms with Crippen LogP contribution in [0, 0.1) is 5.92 Å². The number of amides is 3. The Labute approximate surface area is 176 Å². The molecule has 0 saturated carbocycles. The molecule has 0 radical (unpaired) electrons. The van der Waals surface area contributed by atoms with Crippen LogP contribution in [0.4, 0.5) is 0 Å². The Bertz CT molecular complexity index is 874. The van der Waals surface area contributed by atoms with Crippen LogP contribution in [-0.4, -0.2) is 48.8 Å². The van der Waals surface area contributed by atoms with Gasteiger partial charge in [-0.15, -0.1) is 12.4 Å². The van der Waals surface area contributed by atoms with Gasteiger partial charge in [0.15, 0.2) is 0 Å². The first-order chi connectivity index (χ1) is 13.6. The van der Waals surface area contributed by atoms with Crippen LogP contribution >= 0.6 is 12.4 Å². The maximum Gasteiger partial charge on any atom is 0.261 e. The SMILES string of the molecule is Cl.O=C(CCCN1C(=O)c2cccc3cccc(c23)C1=O)NCC1CCCNC1. The monoisotopic (exact) mass is 415 g/mol. The number of hydrogen-bond donors (Lipinski definition) is 2. The third-order valence-corrected chi connectivity index (χ3v) is 5.63. The molecule has 2 aromatic carbocycles. The third-order valence-electron chi connectivity index (χ3n) is 5.63. The van der Waals surface area contributed by atoms with E-state index in [2.05, 4.69) is 10.6 Å². The van der Waals surface area contributed by atoms with Crippen LogP contribution in [0.2, 0.25) is 0 Å². The Balaban J connectivity index is 0.00000240. The number of rotatable bonds is 6. The van der Waals surface area contributed by atoms with Crippen molar-refractivity contribution in [2.75, 3.05) is 26.2 Å². The lowest BCUT2D eigenvalue weighted by molar-refractivity contribution is -0.121. The van der Waals surface area contributed by atoms with E-state index >= 15 is 0 Å². The fourth-order valence-electron chi connectivity index (χ4n) is 4.13. The molecular weight excluding hydrogens is 390 g/mol. The second kappa shape index (κ2) is 9.37. The van der Waals surface area contributed by atoms with Gasteiger partial charge in [-0.25, -0.2) is 0 Å². The van der Waals surface area contributed by atoms with Crippen molar-refractivity contribution in [3.05, 3.63) is 47.5 Å². The molecule has 3 amide bonds. The van der Waals surface area contributed by atoms with Crippen LogP contribution in [0.1, 0.15) is 46.4 Å². The number of nitrogens with one attached hydrogen (secondary N) is 2. The summed E-state index contributed by atoms with van der Waals surface area (Å²) in [5.41, 5.74) is 1.11. The number of carbonyl (C=O) groups excluding carboxylic acids is 3. The molecule has 0 spiro atoms. The second-order valence-corrected chi connectivity index (χ2v) is 7.59. The Hall–Kier alpha value is -2.44. The summed E-state index contributed by atoms with van der Waals surface area (Å²) in [7, 11) is 0. The molecule has 154 valence electrons. The molecule has 1 saturated heterocycles. The normalized spacial score (nSPS) is 18.5. The van der Waals surface area contributed by atoms with Crippen molar-refractivity contribution in [2.24, 2.45) is 5.92 Å². The molecule has 7 heteroatoms. The summed E-state index contributed by atoms with van der Waals surface area (Å²) >= 11 is 0. The molecule has 0 aliphatic carbocycles. The van der Waals surface area contributed by atoms with Gasteiger partial charge in [0.05, 0.1) is 0 Å². The number of hydrogen-bond acceptors (Lipinski definition) is 4. The molecule has 6 nitrogen and oxygen atoms in total. The van der Waals surface area contributed by atoms with Crippen molar-refractivity contribution in [3.8, 4) is 0 Å². The zero-order valence-electron chi connectivity index (χ0n) is 16.3. The fraction of sp³-hybridized carbons (Fsp3) is 0.409. The van der Waals surface area contributed by atoms with Gasteiger partial charge in [0, 0.05) is 36.0 Å². The Kier molecular flexibility index (Phi) is 6.87. The van der Waals surface area contributed by atoms with Gasteiger partial charge in [-0.2, -0.15) is 0 Å². The molecule has 29 heavy (non-hydrogen) atoms. The van der Waals surface area contributed by atoms with Gasteiger partial charge in [0.1, 0.15) is 0 Å². The van der Waals surface area contributed by atoms with Gasteiger partial charge in [-0.3, -0.25) is 19.3 Å². The number of halogens is 1. The highest BCUT2D eigenvalue weighted by atomic mass is 35.5. The summed E-state index contributed by atoms with van der Waals surface area (Å²) in [5.74, 6) is -0.0871. The maximum absolute atomic E-state index is 12.8. The summed E-state index contributed by atoms with van der Waals surface area (Å²) in [6.07, 6.45) is 3.05. The molecular formula is C22H26ClN3O3. The minimum atomic E-state index is -0.275. The first-order valence-electron chi connectivity index (χ1n) is 10.0. The molecule has 0 bridgehead atoms. The highest BCUT2D eigenvalue weighted by molar-refractivity contribution is 6.25. The van der Waals surface area contributed by atoms with Crippen molar-refractivity contribution < 1.29 is 14.4 Å². The molecule has 2 aliphatic rings. The minimum Gasteiger partial charge on any atom is -0.356 e. The molecule has 1 unspecified atom stereocenters. The standard InChI is InChI=1S/C22H25N3O3.ClH/c26-19(24-14-15-5-3-11-23-13-15)10-4-12-25-21(27)17-8-1-6-16-7-2-9-18(20(16)17)22(25)28;/h1-2,6-9,15,23H,3-5,10-14H2,(H,24,26);1H. The fourth-order valence-corrected chi connectivity index (χ4v) is 4.13. The van der Waals surface area contributed by atoms with E-state index in [-0.39, 0.29) is 36.7 Å². The van der Waals surface area contributed by atoms with Gasteiger partial charge in [0.25, 0.3) is 11.8 Å². The molecule has 2 N–H and O–H groups in total. The predicted octanol–water partition coefficient (Wildman–Crippen LogP) is 2.75. The van der Waals surface area contributed by atoms with Gasteiger partial charge >= 0.3 is 0 Å².